The summed E-state index contributed by atoms with van der Waals surface area (Å²) < 4.78 is 0. The summed E-state index contributed by atoms with van der Waals surface area (Å²) in [6, 6.07) is 0. The second-order valence-electron chi connectivity index (χ2n) is 3.59. The van der Waals surface area contributed by atoms with Gasteiger partial charge in [0.1, 0.15) is 5.69 Å². The lowest BCUT2D eigenvalue weighted by Crippen LogP contribution is -2.29. The molecule has 0 radical (unpaired) electrons. The van der Waals surface area contributed by atoms with Crippen molar-refractivity contribution in [2.24, 2.45) is 10.8 Å². The molecule has 1 aromatic heterocycles. The Labute approximate surface area is 89.0 Å². The molecule has 5 heteroatoms. The average molecular weight is 205 g/mol. The van der Waals surface area contributed by atoms with Gasteiger partial charge in [0.2, 0.25) is 0 Å². The first kappa shape index (κ1) is 9.89. The van der Waals surface area contributed by atoms with Gasteiger partial charge in [-0.05, 0) is 19.3 Å². The van der Waals surface area contributed by atoms with Crippen molar-refractivity contribution in [3.63, 3.8) is 0 Å². The van der Waals surface area contributed by atoms with Crippen LogP contribution in [0.2, 0.25) is 0 Å². The minimum atomic E-state index is 0.449. The van der Waals surface area contributed by atoms with E-state index < -0.39 is 0 Å². The zero-order valence-electron chi connectivity index (χ0n) is 8.63. The van der Waals surface area contributed by atoms with E-state index in [0.717, 1.165) is 13.1 Å². The number of amidine groups is 1. The lowest BCUT2D eigenvalue weighted by atomic mass is 10.2. The molecule has 0 aliphatic carbocycles. The van der Waals surface area contributed by atoms with Gasteiger partial charge in [0.15, 0.2) is 5.84 Å². The van der Waals surface area contributed by atoms with E-state index >= 15 is 0 Å². The van der Waals surface area contributed by atoms with Crippen LogP contribution in [0.3, 0.4) is 0 Å². The molecule has 2 N–H and O–H groups in total. The van der Waals surface area contributed by atoms with Gasteiger partial charge in [0, 0.05) is 25.5 Å². The van der Waals surface area contributed by atoms with Gasteiger partial charge in [-0.25, -0.2) is 4.98 Å². The molecule has 0 aromatic carbocycles. The molecule has 0 bridgehead atoms. The van der Waals surface area contributed by atoms with Crippen molar-refractivity contribution in [1.82, 2.24) is 15.0 Å². The van der Waals surface area contributed by atoms with E-state index in [4.69, 9.17) is 5.73 Å². The molecule has 2 heterocycles. The van der Waals surface area contributed by atoms with Gasteiger partial charge in [0.05, 0.1) is 6.20 Å². The standard InChI is InChI=1S/C10H15N5/c11-10(9-8-12-4-5-13-9)14-15-6-2-1-3-7-15/h4-5,8H,1-3,6-7H2,(H2,11,14). The van der Waals surface area contributed by atoms with Crippen molar-refractivity contribution in [1.29, 1.82) is 0 Å². The molecule has 1 saturated heterocycles. The molecule has 0 amide bonds. The zero-order chi connectivity index (χ0) is 10.5. The Morgan fingerprint density at radius 2 is 2.07 bits per heavy atom. The maximum atomic E-state index is 5.83. The van der Waals surface area contributed by atoms with Crippen LogP contribution in [0.15, 0.2) is 23.7 Å². The Morgan fingerprint density at radius 1 is 1.27 bits per heavy atom. The highest BCUT2D eigenvalue weighted by Crippen LogP contribution is 2.08. The number of aromatic nitrogens is 2. The van der Waals surface area contributed by atoms with Gasteiger partial charge in [-0.3, -0.25) is 9.99 Å². The lowest BCUT2D eigenvalue weighted by molar-refractivity contribution is 0.239. The molecule has 1 aliphatic heterocycles. The normalized spacial score (nSPS) is 17.9. The summed E-state index contributed by atoms with van der Waals surface area (Å²) in [5.74, 6) is 0.449. The maximum absolute atomic E-state index is 5.83. The van der Waals surface area contributed by atoms with Crippen LogP contribution >= 0.6 is 0 Å². The Kier molecular flexibility index (Phi) is 3.11. The van der Waals surface area contributed by atoms with E-state index in [1.165, 1.54) is 19.3 Å². The molecule has 2 rings (SSSR count). The third kappa shape index (κ3) is 2.65. The minimum absolute atomic E-state index is 0.449. The van der Waals surface area contributed by atoms with Gasteiger partial charge >= 0.3 is 0 Å². The summed E-state index contributed by atoms with van der Waals surface area (Å²) in [7, 11) is 0. The fourth-order valence-corrected chi connectivity index (χ4v) is 1.61. The van der Waals surface area contributed by atoms with Crippen LogP contribution in [0.4, 0.5) is 0 Å². The molecule has 0 unspecified atom stereocenters. The zero-order valence-corrected chi connectivity index (χ0v) is 8.63. The highest BCUT2D eigenvalue weighted by Gasteiger charge is 2.08. The fourth-order valence-electron chi connectivity index (χ4n) is 1.61. The summed E-state index contributed by atoms with van der Waals surface area (Å²) in [5, 5.41) is 6.34. The number of hydrogen-bond donors (Lipinski definition) is 1. The lowest BCUT2D eigenvalue weighted by Gasteiger charge is -2.23. The minimum Gasteiger partial charge on any atom is -0.380 e. The monoisotopic (exact) mass is 205 g/mol. The van der Waals surface area contributed by atoms with Gasteiger partial charge < -0.3 is 5.73 Å². The van der Waals surface area contributed by atoms with Crippen LogP contribution in [0.1, 0.15) is 25.0 Å². The molecule has 1 aromatic rings. The predicted molar refractivity (Wildman–Crippen MR) is 58.2 cm³/mol. The first-order chi connectivity index (χ1) is 7.36. The van der Waals surface area contributed by atoms with Crippen LogP contribution in [-0.4, -0.2) is 33.9 Å². The number of hydrogen-bond acceptors (Lipinski definition) is 4. The Bertz CT molecular complexity index is 329. The van der Waals surface area contributed by atoms with E-state index in [2.05, 4.69) is 15.1 Å². The van der Waals surface area contributed by atoms with E-state index in [9.17, 15) is 0 Å². The van der Waals surface area contributed by atoms with Crippen LogP contribution in [0.5, 0.6) is 0 Å². The van der Waals surface area contributed by atoms with Crippen LogP contribution in [0.25, 0.3) is 0 Å². The van der Waals surface area contributed by atoms with Crippen molar-refractivity contribution in [3.05, 3.63) is 24.3 Å². The van der Waals surface area contributed by atoms with E-state index in [1.54, 1.807) is 18.6 Å². The van der Waals surface area contributed by atoms with E-state index in [0.29, 0.717) is 11.5 Å². The smallest absolute Gasteiger partial charge is 0.171 e. The fraction of sp³-hybridized carbons (Fsp3) is 0.500. The topological polar surface area (TPSA) is 67.4 Å². The number of nitrogens with zero attached hydrogens (tertiary/aromatic N) is 4. The number of hydrazone groups is 1. The summed E-state index contributed by atoms with van der Waals surface area (Å²) in [4.78, 5) is 8.06. The molecule has 1 aliphatic rings. The van der Waals surface area contributed by atoms with Crippen molar-refractivity contribution in [2.75, 3.05) is 13.1 Å². The molecule has 5 nitrogen and oxygen atoms in total. The van der Waals surface area contributed by atoms with E-state index in [1.807, 2.05) is 5.01 Å². The highest BCUT2D eigenvalue weighted by atomic mass is 15.5. The van der Waals surface area contributed by atoms with Gasteiger partial charge in [-0.2, -0.15) is 5.10 Å². The van der Waals surface area contributed by atoms with Crippen LogP contribution in [-0.2, 0) is 0 Å². The molecular weight excluding hydrogens is 190 g/mol. The average Bonchev–Trinajstić information content (AvgIpc) is 2.31. The molecule has 1 fully saturated rings. The number of piperidine rings is 1. The quantitative estimate of drug-likeness (QED) is 0.566. The van der Waals surface area contributed by atoms with Crippen LogP contribution in [0, 0.1) is 0 Å². The van der Waals surface area contributed by atoms with Gasteiger partial charge in [-0.1, -0.05) is 0 Å². The third-order valence-electron chi connectivity index (χ3n) is 2.41. The Balaban J connectivity index is 2.06. The third-order valence-corrected chi connectivity index (χ3v) is 2.41. The first-order valence-corrected chi connectivity index (χ1v) is 5.21. The van der Waals surface area contributed by atoms with Gasteiger partial charge in [-0.15, -0.1) is 0 Å². The Morgan fingerprint density at radius 3 is 2.73 bits per heavy atom. The summed E-state index contributed by atoms with van der Waals surface area (Å²) in [6.07, 6.45) is 8.54. The SMILES string of the molecule is N/C(=N\N1CCCCC1)c1cnccn1. The second-order valence-corrected chi connectivity index (χ2v) is 3.59. The molecule has 15 heavy (non-hydrogen) atoms. The van der Waals surface area contributed by atoms with Gasteiger partial charge in [0.25, 0.3) is 0 Å². The first-order valence-electron chi connectivity index (χ1n) is 5.21. The van der Waals surface area contributed by atoms with E-state index in [-0.39, 0.29) is 0 Å². The van der Waals surface area contributed by atoms with Crippen molar-refractivity contribution >= 4 is 5.84 Å². The highest BCUT2D eigenvalue weighted by molar-refractivity contribution is 5.95. The van der Waals surface area contributed by atoms with Crippen molar-refractivity contribution < 1.29 is 0 Å². The molecule has 0 saturated carbocycles. The number of nitrogens with two attached hydrogens (primary N) is 1. The molecular formula is C10H15N5. The predicted octanol–water partition coefficient (Wildman–Crippen LogP) is 0.583. The maximum Gasteiger partial charge on any atom is 0.171 e. The van der Waals surface area contributed by atoms with Crippen LogP contribution < -0.4 is 5.73 Å². The largest absolute Gasteiger partial charge is 0.380 e. The van der Waals surface area contributed by atoms with Crippen molar-refractivity contribution in [2.45, 2.75) is 19.3 Å². The summed E-state index contributed by atoms with van der Waals surface area (Å²) >= 11 is 0. The summed E-state index contributed by atoms with van der Waals surface area (Å²) in [6.45, 7) is 1.97. The molecule has 80 valence electrons. The van der Waals surface area contributed by atoms with Crippen molar-refractivity contribution in [3.8, 4) is 0 Å². The Hall–Kier alpha value is -1.65. The molecule has 0 spiro atoms. The second kappa shape index (κ2) is 4.72. The number of rotatable bonds is 2. The summed E-state index contributed by atoms with van der Waals surface area (Å²) in [5.41, 5.74) is 6.47. The molecule has 0 atom stereocenters.